The van der Waals surface area contributed by atoms with Crippen LogP contribution in [0.3, 0.4) is 0 Å². The third-order valence-corrected chi connectivity index (χ3v) is 2.78. The van der Waals surface area contributed by atoms with E-state index in [1.807, 2.05) is 18.2 Å². The monoisotopic (exact) mass is 402 g/mol. The molecule has 1 fully saturated rings. The topological polar surface area (TPSA) is 35.8 Å². The molecule has 2 N–H and O–H groups in total. The van der Waals surface area contributed by atoms with Gasteiger partial charge in [0.15, 0.2) is 0 Å². The minimum Gasteiger partial charge on any atom is -0.668 e. The van der Waals surface area contributed by atoms with Crippen molar-refractivity contribution in [3.63, 3.8) is 0 Å². The Bertz CT molecular complexity index is 268. The first-order valence-electron chi connectivity index (χ1n) is 4.82. The molecular weight excluding hydrogens is 387 g/mol. The largest absolute Gasteiger partial charge is 0.668 e. The quantitative estimate of drug-likeness (QED) is 0.769. The van der Waals surface area contributed by atoms with E-state index in [1.165, 1.54) is 0 Å². The van der Waals surface area contributed by atoms with Crippen molar-refractivity contribution in [3.05, 3.63) is 41.6 Å². The van der Waals surface area contributed by atoms with Gasteiger partial charge in [0.25, 0.3) is 0 Å². The number of nitrogens with one attached hydrogen (secondary N) is 2. The van der Waals surface area contributed by atoms with Gasteiger partial charge in [0.1, 0.15) is 0 Å². The zero-order valence-corrected chi connectivity index (χ0v) is 13.0. The van der Waals surface area contributed by atoms with Gasteiger partial charge in [-0.25, -0.2) is 0 Å². The summed E-state index contributed by atoms with van der Waals surface area (Å²) in [6.45, 7) is 1.94. The summed E-state index contributed by atoms with van der Waals surface area (Å²) in [5, 5.41) is 3.29. The molecule has 1 radical (unpaired) electrons. The van der Waals surface area contributed by atoms with Gasteiger partial charge in [-0.15, -0.1) is 0 Å². The van der Waals surface area contributed by atoms with E-state index in [1.54, 1.807) is 0 Å². The predicted molar refractivity (Wildman–Crippen MR) is 54.5 cm³/mol. The van der Waals surface area contributed by atoms with Crippen LogP contribution in [0, 0.1) is 44.1 Å². The van der Waals surface area contributed by atoms with Crippen molar-refractivity contribution in [2.24, 2.45) is 0 Å². The van der Waals surface area contributed by atoms with Crippen LogP contribution >= 0.6 is 0 Å². The molecule has 1 aromatic carbocycles. The van der Waals surface area contributed by atoms with Crippen LogP contribution in [0.15, 0.2) is 30.3 Å². The van der Waals surface area contributed by atoms with Crippen molar-refractivity contribution in [2.75, 3.05) is 13.1 Å². The van der Waals surface area contributed by atoms with E-state index in [0.717, 1.165) is 31.5 Å². The maximum atomic E-state index is 8.32. The molecule has 0 atom stereocenters. The Morgan fingerprint density at radius 1 is 1.07 bits per heavy atom. The second-order valence-electron chi connectivity index (χ2n) is 3.70. The molecule has 2 nitrogen and oxygen atoms in total. The van der Waals surface area contributed by atoms with Crippen molar-refractivity contribution in [1.82, 2.24) is 5.32 Å². The van der Waals surface area contributed by atoms with E-state index in [2.05, 4.69) is 17.4 Å². The molecule has 1 aromatic rings. The maximum absolute atomic E-state index is 8.32. The van der Waals surface area contributed by atoms with E-state index in [9.17, 15) is 0 Å². The standard InChI is InChI=1S/C11H15N2.Ac/c12-11(6-8-13-9-7-11)10-4-2-1-3-5-10;/h1-5,12-13H,6-9H2;/q-1;. The molecular formula is C11H15AcN2-. The molecule has 1 aliphatic rings. The van der Waals surface area contributed by atoms with Gasteiger partial charge in [0, 0.05) is 44.1 Å². The first-order chi connectivity index (χ1) is 6.31. The molecule has 1 heterocycles. The van der Waals surface area contributed by atoms with Gasteiger partial charge in [-0.2, -0.15) is 0 Å². The molecule has 0 bridgehead atoms. The molecule has 1 aliphatic heterocycles. The normalized spacial score (nSPS) is 19.8. The van der Waals surface area contributed by atoms with Crippen LogP contribution in [0.25, 0.3) is 5.73 Å². The zero-order valence-electron chi connectivity index (χ0n) is 8.29. The van der Waals surface area contributed by atoms with Gasteiger partial charge in [0.2, 0.25) is 0 Å². The zero-order chi connectivity index (χ0) is 9.15. The van der Waals surface area contributed by atoms with E-state index in [4.69, 9.17) is 5.73 Å². The van der Waals surface area contributed by atoms with Crippen molar-refractivity contribution in [1.29, 1.82) is 0 Å². The summed E-state index contributed by atoms with van der Waals surface area (Å²) in [6, 6.07) is 10.2. The Labute approximate surface area is 121 Å². The van der Waals surface area contributed by atoms with E-state index in [0.29, 0.717) is 0 Å². The average Bonchev–Trinajstić information content (AvgIpc) is 2.20. The first-order valence-corrected chi connectivity index (χ1v) is 4.82. The summed E-state index contributed by atoms with van der Waals surface area (Å²) < 4.78 is 0. The summed E-state index contributed by atoms with van der Waals surface area (Å²) in [5.74, 6) is 0. The SMILES string of the molecule is [Ac].[NH-]C1(c2ccccc2)CCNCC1. The number of hydrogen-bond donors (Lipinski definition) is 1. The van der Waals surface area contributed by atoms with Crippen LogP contribution in [-0.2, 0) is 5.54 Å². The van der Waals surface area contributed by atoms with Crippen LogP contribution in [0.2, 0.25) is 0 Å². The number of rotatable bonds is 1. The molecule has 0 aromatic heterocycles. The summed E-state index contributed by atoms with van der Waals surface area (Å²) >= 11 is 0. The van der Waals surface area contributed by atoms with Crippen molar-refractivity contribution in [3.8, 4) is 0 Å². The Balaban J connectivity index is 0.000000980. The molecule has 0 aliphatic carbocycles. The van der Waals surface area contributed by atoms with Gasteiger partial charge in [-0.3, -0.25) is 0 Å². The smallest absolute Gasteiger partial charge is 0 e. The van der Waals surface area contributed by atoms with Crippen LogP contribution < -0.4 is 5.32 Å². The fourth-order valence-corrected chi connectivity index (χ4v) is 1.90. The molecule has 1 saturated heterocycles. The fourth-order valence-electron chi connectivity index (χ4n) is 1.90. The Hall–Kier alpha value is 0.582. The molecule has 0 amide bonds. The molecule has 2 rings (SSSR count). The second-order valence-corrected chi connectivity index (χ2v) is 3.70. The Morgan fingerprint density at radius 3 is 2.21 bits per heavy atom. The molecule has 0 unspecified atom stereocenters. The molecule has 0 spiro atoms. The average molecular weight is 402 g/mol. The first kappa shape index (κ1) is 12.7. The van der Waals surface area contributed by atoms with Gasteiger partial charge >= 0.3 is 0 Å². The maximum Gasteiger partial charge on any atom is 0 e. The summed E-state index contributed by atoms with van der Waals surface area (Å²) in [7, 11) is 0. The Kier molecular flexibility index (Phi) is 5.07. The van der Waals surface area contributed by atoms with Crippen LogP contribution in [0.5, 0.6) is 0 Å². The van der Waals surface area contributed by atoms with E-state index >= 15 is 0 Å². The predicted octanol–water partition coefficient (Wildman–Crippen LogP) is 2.32. The van der Waals surface area contributed by atoms with Gasteiger partial charge in [-0.1, -0.05) is 54.3 Å². The number of hydrogen-bond acceptors (Lipinski definition) is 1. The molecule has 73 valence electrons. The third-order valence-electron chi connectivity index (χ3n) is 2.78. The van der Waals surface area contributed by atoms with Crippen LogP contribution in [-0.4, -0.2) is 13.1 Å². The van der Waals surface area contributed by atoms with Crippen molar-refractivity contribution >= 4 is 0 Å². The minimum absolute atomic E-state index is 0. The van der Waals surface area contributed by atoms with E-state index in [-0.39, 0.29) is 49.6 Å². The Morgan fingerprint density at radius 2 is 1.64 bits per heavy atom. The minimum atomic E-state index is -0.341. The molecule has 0 saturated carbocycles. The summed E-state index contributed by atoms with van der Waals surface area (Å²) in [4.78, 5) is 0. The van der Waals surface area contributed by atoms with Gasteiger partial charge in [0.05, 0.1) is 0 Å². The number of piperidine rings is 1. The fraction of sp³-hybridized carbons (Fsp3) is 0.455. The van der Waals surface area contributed by atoms with Gasteiger partial charge < -0.3 is 11.1 Å². The van der Waals surface area contributed by atoms with Crippen molar-refractivity contribution < 1.29 is 44.1 Å². The number of benzene rings is 1. The second kappa shape index (κ2) is 5.61. The van der Waals surface area contributed by atoms with Crippen LogP contribution in [0.4, 0.5) is 0 Å². The summed E-state index contributed by atoms with van der Waals surface area (Å²) in [6.07, 6.45) is 1.86. The molecule has 3 heteroatoms. The third kappa shape index (κ3) is 2.79. The van der Waals surface area contributed by atoms with Crippen LogP contribution in [0.1, 0.15) is 18.4 Å². The van der Waals surface area contributed by atoms with Gasteiger partial charge in [-0.05, 0) is 13.1 Å². The van der Waals surface area contributed by atoms with Crippen molar-refractivity contribution in [2.45, 2.75) is 18.4 Å². The molecule has 14 heavy (non-hydrogen) atoms. The summed E-state index contributed by atoms with van der Waals surface area (Å²) in [5.41, 5.74) is 9.14. The van der Waals surface area contributed by atoms with E-state index < -0.39 is 0 Å².